The van der Waals surface area contributed by atoms with Crippen molar-refractivity contribution in [3.63, 3.8) is 0 Å². The molecule has 2 N–H and O–H groups in total. The fourth-order valence-corrected chi connectivity index (χ4v) is 1.69. The zero-order chi connectivity index (χ0) is 15.4. The standard InChI is InChI=1S/C13H12F2N2O4/c1-7-10(11(16)21-17-7)12(18)19-6-8-4-2-3-5-9(8)20-13(14)15/h2-5,13H,6,16H2,1H3. The van der Waals surface area contributed by atoms with Gasteiger partial charge in [0, 0.05) is 5.56 Å². The molecule has 0 bridgehead atoms. The molecule has 0 atom stereocenters. The van der Waals surface area contributed by atoms with Gasteiger partial charge in [0.1, 0.15) is 17.9 Å². The molecule has 0 aliphatic carbocycles. The van der Waals surface area contributed by atoms with Crippen molar-refractivity contribution < 1.29 is 27.6 Å². The molecule has 112 valence electrons. The maximum Gasteiger partial charge on any atom is 0.387 e. The van der Waals surface area contributed by atoms with Gasteiger partial charge in [-0.15, -0.1) is 0 Å². The van der Waals surface area contributed by atoms with E-state index in [0.717, 1.165) is 0 Å². The minimum absolute atomic E-state index is 0.0160. The Balaban J connectivity index is 2.08. The van der Waals surface area contributed by atoms with Crippen molar-refractivity contribution in [2.75, 3.05) is 5.73 Å². The molecule has 0 radical (unpaired) electrons. The molecule has 2 rings (SSSR count). The summed E-state index contributed by atoms with van der Waals surface area (Å²) in [5, 5.41) is 3.52. The van der Waals surface area contributed by atoms with Gasteiger partial charge in [-0.1, -0.05) is 23.4 Å². The molecule has 0 fully saturated rings. The number of halogens is 2. The van der Waals surface area contributed by atoms with Crippen LogP contribution in [0.15, 0.2) is 28.8 Å². The molecule has 1 aromatic carbocycles. The Kier molecular flexibility index (Phi) is 4.36. The molecule has 0 aliphatic heterocycles. The summed E-state index contributed by atoms with van der Waals surface area (Å²) in [5.41, 5.74) is 6.06. The highest BCUT2D eigenvalue weighted by atomic mass is 19.3. The molecular weight excluding hydrogens is 286 g/mol. The second-order valence-electron chi connectivity index (χ2n) is 4.07. The van der Waals surface area contributed by atoms with Crippen LogP contribution in [0, 0.1) is 6.92 Å². The molecule has 2 aromatic rings. The number of carbonyl (C=O) groups excluding carboxylic acids is 1. The van der Waals surface area contributed by atoms with E-state index in [4.69, 9.17) is 10.5 Å². The van der Waals surface area contributed by atoms with Crippen LogP contribution in [0.1, 0.15) is 21.6 Å². The highest BCUT2D eigenvalue weighted by Crippen LogP contribution is 2.22. The molecule has 8 heteroatoms. The van der Waals surface area contributed by atoms with Gasteiger partial charge >= 0.3 is 12.6 Å². The predicted molar refractivity (Wildman–Crippen MR) is 67.8 cm³/mol. The third kappa shape index (κ3) is 3.47. The normalized spacial score (nSPS) is 10.7. The second kappa shape index (κ2) is 6.21. The van der Waals surface area contributed by atoms with Crippen LogP contribution in [0.4, 0.5) is 14.7 Å². The molecule has 1 aromatic heterocycles. The molecule has 0 saturated carbocycles. The van der Waals surface area contributed by atoms with Crippen molar-refractivity contribution in [1.82, 2.24) is 5.16 Å². The van der Waals surface area contributed by atoms with E-state index in [0.29, 0.717) is 5.56 Å². The lowest BCUT2D eigenvalue weighted by molar-refractivity contribution is -0.0510. The maximum atomic E-state index is 12.3. The number of para-hydroxylation sites is 1. The smallest absolute Gasteiger partial charge is 0.387 e. The summed E-state index contributed by atoms with van der Waals surface area (Å²) in [6.45, 7) is -1.67. The molecular formula is C13H12F2N2O4. The first kappa shape index (κ1) is 14.8. The van der Waals surface area contributed by atoms with Crippen LogP contribution in [-0.2, 0) is 11.3 Å². The fraction of sp³-hybridized carbons (Fsp3) is 0.231. The van der Waals surface area contributed by atoms with Crippen LogP contribution in [0.25, 0.3) is 0 Å². The van der Waals surface area contributed by atoms with E-state index in [1.165, 1.54) is 25.1 Å². The van der Waals surface area contributed by atoms with E-state index >= 15 is 0 Å². The summed E-state index contributed by atoms with van der Waals surface area (Å²) in [4.78, 5) is 11.9. The van der Waals surface area contributed by atoms with Gasteiger partial charge in [-0.05, 0) is 13.0 Å². The average Bonchev–Trinajstić information content (AvgIpc) is 2.76. The Morgan fingerprint density at radius 3 is 2.76 bits per heavy atom. The van der Waals surface area contributed by atoms with Crippen molar-refractivity contribution in [2.45, 2.75) is 20.1 Å². The first-order valence-corrected chi connectivity index (χ1v) is 5.90. The number of hydrogen-bond donors (Lipinski definition) is 1. The number of carbonyl (C=O) groups is 1. The van der Waals surface area contributed by atoms with Crippen LogP contribution in [0.3, 0.4) is 0 Å². The van der Waals surface area contributed by atoms with Crippen molar-refractivity contribution >= 4 is 11.9 Å². The Bertz CT molecular complexity index is 623. The average molecular weight is 298 g/mol. The van der Waals surface area contributed by atoms with Gasteiger partial charge in [-0.3, -0.25) is 0 Å². The Morgan fingerprint density at radius 1 is 1.43 bits per heavy atom. The zero-order valence-corrected chi connectivity index (χ0v) is 11.0. The quantitative estimate of drug-likeness (QED) is 0.853. The number of hydrogen-bond acceptors (Lipinski definition) is 6. The van der Waals surface area contributed by atoms with Crippen LogP contribution in [-0.4, -0.2) is 17.7 Å². The number of esters is 1. The number of anilines is 1. The number of nitrogen functional groups attached to an aromatic ring is 1. The highest BCUT2D eigenvalue weighted by Gasteiger charge is 2.20. The van der Waals surface area contributed by atoms with E-state index in [1.54, 1.807) is 6.07 Å². The minimum Gasteiger partial charge on any atom is -0.457 e. The fourth-order valence-electron chi connectivity index (χ4n) is 1.69. The molecule has 0 aliphatic rings. The summed E-state index contributed by atoms with van der Waals surface area (Å²) in [7, 11) is 0. The third-order valence-electron chi connectivity index (χ3n) is 2.64. The molecule has 0 spiro atoms. The summed E-state index contributed by atoms with van der Waals surface area (Å²) < 4.78 is 38.5. The van der Waals surface area contributed by atoms with E-state index in [2.05, 4.69) is 14.4 Å². The maximum absolute atomic E-state index is 12.3. The van der Waals surface area contributed by atoms with Gasteiger partial charge in [-0.25, -0.2) is 4.79 Å². The third-order valence-corrected chi connectivity index (χ3v) is 2.64. The number of aryl methyl sites for hydroxylation is 1. The van der Waals surface area contributed by atoms with Crippen LogP contribution in [0.5, 0.6) is 5.75 Å². The molecule has 0 unspecified atom stereocenters. The van der Waals surface area contributed by atoms with Crippen molar-refractivity contribution in [2.24, 2.45) is 0 Å². The molecule has 1 heterocycles. The number of alkyl halides is 2. The summed E-state index contributed by atoms with van der Waals surface area (Å²) in [5.74, 6) is -0.969. The Hall–Kier alpha value is -2.64. The first-order chi connectivity index (χ1) is 9.99. The monoisotopic (exact) mass is 298 g/mol. The lowest BCUT2D eigenvalue weighted by Gasteiger charge is -2.10. The zero-order valence-electron chi connectivity index (χ0n) is 11.0. The molecule has 6 nitrogen and oxygen atoms in total. The minimum atomic E-state index is -2.96. The first-order valence-electron chi connectivity index (χ1n) is 5.90. The van der Waals surface area contributed by atoms with Crippen LogP contribution < -0.4 is 10.5 Å². The van der Waals surface area contributed by atoms with E-state index in [1.807, 2.05) is 0 Å². The van der Waals surface area contributed by atoms with E-state index < -0.39 is 12.6 Å². The number of rotatable bonds is 5. The van der Waals surface area contributed by atoms with Gasteiger partial charge in [0.15, 0.2) is 0 Å². The van der Waals surface area contributed by atoms with Crippen LogP contribution in [0.2, 0.25) is 0 Å². The number of ether oxygens (including phenoxy) is 2. The van der Waals surface area contributed by atoms with Gasteiger partial charge in [-0.2, -0.15) is 8.78 Å². The second-order valence-corrected chi connectivity index (χ2v) is 4.07. The van der Waals surface area contributed by atoms with Gasteiger partial charge < -0.3 is 19.7 Å². The van der Waals surface area contributed by atoms with Gasteiger partial charge in [0.05, 0.1) is 5.69 Å². The number of nitrogens with two attached hydrogens (primary N) is 1. The molecule has 21 heavy (non-hydrogen) atoms. The molecule has 0 saturated heterocycles. The summed E-state index contributed by atoms with van der Waals surface area (Å²) in [6, 6.07) is 6.01. The van der Waals surface area contributed by atoms with Gasteiger partial charge in [0.2, 0.25) is 5.88 Å². The lowest BCUT2D eigenvalue weighted by atomic mass is 10.2. The number of benzene rings is 1. The topological polar surface area (TPSA) is 87.6 Å². The Morgan fingerprint density at radius 2 is 2.14 bits per heavy atom. The van der Waals surface area contributed by atoms with Gasteiger partial charge in [0.25, 0.3) is 0 Å². The van der Waals surface area contributed by atoms with Crippen molar-refractivity contribution in [1.29, 1.82) is 0 Å². The summed E-state index contributed by atoms with van der Waals surface area (Å²) in [6.07, 6.45) is 0. The highest BCUT2D eigenvalue weighted by molar-refractivity contribution is 5.94. The SMILES string of the molecule is Cc1noc(N)c1C(=O)OCc1ccccc1OC(F)F. The number of nitrogens with zero attached hydrogens (tertiary/aromatic N) is 1. The predicted octanol–water partition coefficient (Wildman–Crippen LogP) is 2.52. The Labute approximate surface area is 118 Å². The summed E-state index contributed by atoms with van der Waals surface area (Å²) >= 11 is 0. The number of aromatic nitrogens is 1. The molecule has 0 amide bonds. The van der Waals surface area contributed by atoms with Crippen molar-refractivity contribution in [3.05, 3.63) is 41.1 Å². The van der Waals surface area contributed by atoms with E-state index in [9.17, 15) is 13.6 Å². The van der Waals surface area contributed by atoms with Crippen LogP contribution >= 0.6 is 0 Å². The van der Waals surface area contributed by atoms with E-state index in [-0.39, 0.29) is 29.5 Å². The largest absolute Gasteiger partial charge is 0.457 e. The lowest BCUT2D eigenvalue weighted by Crippen LogP contribution is -2.10. The van der Waals surface area contributed by atoms with Crippen molar-refractivity contribution in [3.8, 4) is 5.75 Å².